The van der Waals surface area contributed by atoms with E-state index in [0.717, 1.165) is 9.80 Å². The number of Topliss-reactive ketones (excluding diaryl/α,β-unsaturated/α-hetero) is 2. The molecule has 1 aliphatic heterocycles. The third kappa shape index (κ3) is 9.99. The van der Waals surface area contributed by atoms with Crippen LogP contribution in [0.15, 0.2) is 97.1 Å². The van der Waals surface area contributed by atoms with Crippen molar-refractivity contribution in [1.82, 2.24) is 10.6 Å². The van der Waals surface area contributed by atoms with Crippen LogP contribution in [0.5, 0.6) is 0 Å². The van der Waals surface area contributed by atoms with E-state index in [0.29, 0.717) is 34.2 Å². The quantitative estimate of drug-likeness (QED) is 0.0683. The lowest BCUT2D eigenvalue weighted by Crippen LogP contribution is -2.57. The number of aryl methyl sites for hydroxylation is 2. The number of hydrogen-bond acceptors (Lipinski definition) is 9. The van der Waals surface area contributed by atoms with Crippen molar-refractivity contribution in [2.24, 2.45) is 0 Å². The number of alkyl carbamates (subject to hydrolysis) is 1. The van der Waals surface area contributed by atoms with E-state index in [-0.39, 0.29) is 36.6 Å². The summed E-state index contributed by atoms with van der Waals surface area (Å²) in [7, 11) is 1.28. The molecule has 1 aliphatic rings. The van der Waals surface area contributed by atoms with E-state index >= 15 is 0 Å². The highest BCUT2D eigenvalue weighted by Crippen LogP contribution is 2.34. The number of carbonyl (C=O) groups is 7. The van der Waals surface area contributed by atoms with Crippen molar-refractivity contribution < 1.29 is 43.0 Å². The average molecular weight is 748 g/mol. The van der Waals surface area contributed by atoms with Gasteiger partial charge in [0.15, 0.2) is 17.6 Å². The number of esters is 1. The lowest BCUT2D eigenvalue weighted by molar-refractivity contribution is -0.140. The van der Waals surface area contributed by atoms with Gasteiger partial charge in [-0.2, -0.15) is 0 Å². The van der Waals surface area contributed by atoms with E-state index in [1.807, 2.05) is 0 Å². The Morgan fingerprint density at radius 1 is 0.709 bits per heavy atom. The number of ether oxygens (including phenoxy) is 2. The standard InChI is InChI=1S/C41H41N5O9/c1-26-12-4-6-16-30(26)34(47)23-45-32-18-8-9-19-33(32)46(24-35(48)31-17-7-5-13-27(31)2)39(51)37(38(45)50)44-40(52)43-29-15-10-14-28(22-29)25-55-41(53)42-21-11-20-36(49)54-3/h4-10,12-19,22,37H,11,20-21,23-25H2,1-3H3,(H,42,53)(H2,43,44,52). The van der Waals surface area contributed by atoms with Gasteiger partial charge in [0.2, 0.25) is 0 Å². The molecular weight excluding hydrogens is 706 g/mol. The van der Waals surface area contributed by atoms with Gasteiger partial charge in [-0.1, -0.05) is 72.8 Å². The highest BCUT2D eigenvalue weighted by Gasteiger charge is 2.42. The number of urea groups is 1. The molecule has 4 aromatic rings. The minimum absolute atomic E-state index is 0.143. The number of ketones is 2. The van der Waals surface area contributed by atoms with E-state index in [2.05, 4.69) is 20.7 Å². The second-order valence-corrected chi connectivity index (χ2v) is 12.7. The smallest absolute Gasteiger partial charge is 0.407 e. The fourth-order valence-electron chi connectivity index (χ4n) is 6.02. The maximum atomic E-state index is 14.4. The lowest BCUT2D eigenvalue weighted by atomic mass is 10.0. The number of anilines is 3. The van der Waals surface area contributed by atoms with Gasteiger partial charge in [0.05, 0.1) is 31.6 Å². The Morgan fingerprint density at radius 3 is 1.80 bits per heavy atom. The Hall–Kier alpha value is -6.83. The number of methoxy groups -OCH3 is 1. The minimum Gasteiger partial charge on any atom is -0.469 e. The number of fused-ring (bicyclic) bond motifs is 1. The van der Waals surface area contributed by atoms with Gasteiger partial charge in [-0.05, 0) is 61.2 Å². The molecule has 0 unspecified atom stereocenters. The van der Waals surface area contributed by atoms with Crippen molar-refractivity contribution >= 4 is 58.5 Å². The monoisotopic (exact) mass is 747 g/mol. The summed E-state index contributed by atoms with van der Waals surface area (Å²) < 4.78 is 9.80. The fraction of sp³-hybridized carbons (Fsp3) is 0.244. The van der Waals surface area contributed by atoms with E-state index in [1.54, 1.807) is 105 Å². The topological polar surface area (TPSA) is 181 Å². The largest absolute Gasteiger partial charge is 0.469 e. The second-order valence-electron chi connectivity index (χ2n) is 12.7. The number of nitrogens with zero attached hydrogens (tertiary/aromatic N) is 2. The summed E-state index contributed by atoms with van der Waals surface area (Å²) in [5, 5.41) is 7.62. The maximum absolute atomic E-state index is 14.4. The first-order chi connectivity index (χ1) is 26.5. The number of benzene rings is 4. The first-order valence-corrected chi connectivity index (χ1v) is 17.5. The van der Waals surface area contributed by atoms with E-state index in [9.17, 15) is 33.6 Å². The van der Waals surface area contributed by atoms with Crippen molar-refractivity contribution in [3.8, 4) is 0 Å². The van der Waals surface area contributed by atoms with Crippen molar-refractivity contribution in [1.29, 1.82) is 0 Å². The molecule has 284 valence electrons. The van der Waals surface area contributed by atoms with Gasteiger partial charge in [0.1, 0.15) is 6.61 Å². The van der Waals surface area contributed by atoms with E-state index in [1.165, 1.54) is 13.2 Å². The summed E-state index contributed by atoms with van der Waals surface area (Å²) in [6.07, 6.45) is -0.191. The summed E-state index contributed by atoms with van der Waals surface area (Å²) in [5.41, 5.74) is 3.36. The SMILES string of the molecule is COC(=O)CCCNC(=O)OCc1cccc(NC(=O)NC2C(=O)N(CC(=O)c3ccccc3C)c3ccccc3N(CC(=O)c3ccccc3C)C2=O)c1. The number of para-hydroxylation sites is 2. The summed E-state index contributed by atoms with van der Waals surface area (Å²) in [5.74, 6) is -2.93. The van der Waals surface area contributed by atoms with Crippen LogP contribution in [-0.2, 0) is 30.5 Å². The van der Waals surface area contributed by atoms with Crippen LogP contribution in [0, 0.1) is 13.8 Å². The number of carbonyl (C=O) groups excluding carboxylic acids is 7. The first kappa shape index (κ1) is 39.4. The van der Waals surface area contributed by atoms with Gasteiger partial charge in [0.25, 0.3) is 11.8 Å². The Labute approximate surface area is 317 Å². The molecule has 0 saturated carbocycles. The lowest BCUT2D eigenvalue weighted by Gasteiger charge is -2.25. The van der Waals surface area contributed by atoms with Gasteiger partial charge in [0, 0.05) is 29.8 Å². The van der Waals surface area contributed by atoms with Crippen LogP contribution < -0.4 is 25.8 Å². The molecule has 0 fully saturated rings. The minimum atomic E-state index is -1.84. The van der Waals surface area contributed by atoms with Crippen molar-refractivity contribution in [2.75, 3.05) is 41.9 Å². The number of nitrogens with one attached hydrogen (secondary N) is 3. The molecule has 0 saturated heterocycles. The van der Waals surface area contributed by atoms with Crippen molar-refractivity contribution in [3.05, 3.63) is 125 Å². The second kappa shape index (κ2) is 18.3. The van der Waals surface area contributed by atoms with Crippen LogP contribution in [0.4, 0.5) is 26.7 Å². The third-order valence-electron chi connectivity index (χ3n) is 8.87. The van der Waals surface area contributed by atoms with Crippen LogP contribution >= 0.6 is 0 Å². The zero-order valence-electron chi connectivity index (χ0n) is 30.6. The third-order valence-corrected chi connectivity index (χ3v) is 8.87. The molecule has 5 rings (SSSR count). The molecule has 0 aromatic heterocycles. The van der Waals surface area contributed by atoms with Gasteiger partial charge in [-0.15, -0.1) is 0 Å². The molecular formula is C41H41N5O9. The molecule has 14 heteroatoms. The maximum Gasteiger partial charge on any atom is 0.407 e. The van der Waals surface area contributed by atoms with E-state index in [4.69, 9.17) is 4.74 Å². The van der Waals surface area contributed by atoms with Crippen molar-refractivity contribution in [3.63, 3.8) is 0 Å². The highest BCUT2D eigenvalue weighted by molar-refractivity contribution is 6.24. The molecule has 0 spiro atoms. The van der Waals surface area contributed by atoms with E-state index < -0.39 is 60.6 Å². The van der Waals surface area contributed by atoms with Crippen LogP contribution in [0.2, 0.25) is 0 Å². The molecule has 14 nitrogen and oxygen atoms in total. The Morgan fingerprint density at radius 2 is 1.25 bits per heavy atom. The fourth-order valence-corrected chi connectivity index (χ4v) is 6.02. The highest BCUT2D eigenvalue weighted by atomic mass is 16.5. The zero-order chi connectivity index (χ0) is 39.5. The number of rotatable bonds is 14. The molecule has 5 amide bonds. The van der Waals surface area contributed by atoms with Crippen LogP contribution in [0.25, 0.3) is 0 Å². The number of amides is 5. The summed E-state index contributed by atoms with van der Waals surface area (Å²) in [6.45, 7) is 2.70. The first-order valence-electron chi connectivity index (χ1n) is 17.5. The average Bonchev–Trinajstić information content (AvgIpc) is 3.25. The molecule has 55 heavy (non-hydrogen) atoms. The van der Waals surface area contributed by atoms with Crippen LogP contribution in [-0.4, -0.2) is 74.3 Å². The number of hydrogen-bond donors (Lipinski definition) is 3. The normalized spacial score (nSPS) is 12.6. The van der Waals surface area contributed by atoms with Crippen molar-refractivity contribution in [2.45, 2.75) is 39.3 Å². The van der Waals surface area contributed by atoms with Crippen LogP contribution in [0.1, 0.15) is 50.2 Å². The predicted octanol–water partition coefficient (Wildman–Crippen LogP) is 5.12. The van der Waals surface area contributed by atoms with Crippen LogP contribution in [0.3, 0.4) is 0 Å². The Balaban J connectivity index is 1.37. The molecule has 0 atom stereocenters. The molecule has 3 N–H and O–H groups in total. The molecule has 4 aromatic carbocycles. The summed E-state index contributed by atoms with van der Waals surface area (Å²) >= 11 is 0. The molecule has 0 radical (unpaired) electrons. The van der Waals surface area contributed by atoms with Gasteiger partial charge >= 0.3 is 18.1 Å². The molecule has 1 heterocycles. The summed E-state index contributed by atoms with van der Waals surface area (Å²) in [4.78, 5) is 95.3. The molecule has 0 aliphatic carbocycles. The predicted molar refractivity (Wildman–Crippen MR) is 204 cm³/mol. The summed E-state index contributed by atoms with van der Waals surface area (Å²) in [6, 6.07) is 23.9. The molecule has 0 bridgehead atoms. The zero-order valence-corrected chi connectivity index (χ0v) is 30.6. The van der Waals surface area contributed by atoms with Gasteiger partial charge < -0.3 is 35.2 Å². The van der Waals surface area contributed by atoms with Gasteiger partial charge in [-0.3, -0.25) is 24.0 Å². The Bertz CT molecular complexity index is 2020. The Kier molecular flexibility index (Phi) is 13.1. The van der Waals surface area contributed by atoms with Gasteiger partial charge in [-0.25, -0.2) is 9.59 Å².